The number of hydrogen-bond donors (Lipinski definition) is 1. The SMILES string of the molecule is CCSCC(Cc1ccc(Br)cc1F)NC. The van der Waals surface area contributed by atoms with Crippen LogP contribution in [0.2, 0.25) is 0 Å². The lowest BCUT2D eigenvalue weighted by Crippen LogP contribution is -2.30. The van der Waals surface area contributed by atoms with Crippen LogP contribution in [0.15, 0.2) is 22.7 Å². The van der Waals surface area contributed by atoms with E-state index in [1.165, 1.54) is 6.07 Å². The number of nitrogens with one attached hydrogen (secondary N) is 1. The molecule has 1 N–H and O–H groups in total. The molecule has 90 valence electrons. The van der Waals surface area contributed by atoms with E-state index in [1.807, 2.05) is 30.9 Å². The van der Waals surface area contributed by atoms with Crippen molar-refractivity contribution in [3.63, 3.8) is 0 Å². The first kappa shape index (κ1) is 14.0. The van der Waals surface area contributed by atoms with Gasteiger partial charge in [0, 0.05) is 16.3 Å². The summed E-state index contributed by atoms with van der Waals surface area (Å²) in [6.45, 7) is 2.14. The van der Waals surface area contributed by atoms with Crippen LogP contribution in [0.3, 0.4) is 0 Å². The van der Waals surface area contributed by atoms with Gasteiger partial charge in [0.1, 0.15) is 5.82 Å². The standard InChI is InChI=1S/C12H17BrFNS/c1-3-16-8-11(15-2)6-9-4-5-10(13)7-12(9)14/h4-5,7,11,15H,3,6,8H2,1-2H3. The summed E-state index contributed by atoms with van der Waals surface area (Å²) in [6, 6.07) is 5.59. The second-order valence-corrected chi connectivity index (χ2v) is 5.82. The van der Waals surface area contributed by atoms with Crippen LogP contribution in [0, 0.1) is 5.82 Å². The molecule has 1 unspecified atom stereocenters. The molecule has 1 aromatic carbocycles. The lowest BCUT2D eigenvalue weighted by molar-refractivity contribution is 0.568. The Morgan fingerprint density at radius 3 is 2.81 bits per heavy atom. The monoisotopic (exact) mass is 305 g/mol. The molecule has 1 atom stereocenters. The Morgan fingerprint density at radius 2 is 2.25 bits per heavy atom. The third kappa shape index (κ3) is 4.44. The van der Waals surface area contributed by atoms with Crippen LogP contribution in [-0.4, -0.2) is 24.6 Å². The van der Waals surface area contributed by atoms with Gasteiger partial charge in [-0.3, -0.25) is 0 Å². The summed E-state index contributed by atoms with van der Waals surface area (Å²) in [5.74, 6) is 1.99. The number of benzene rings is 1. The van der Waals surface area contributed by atoms with Gasteiger partial charge in [-0.15, -0.1) is 0 Å². The molecule has 16 heavy (non-hydrogen) atoms. The molecular weight excluding hydrogens is 289 g/mol. The van der Waals surface area contributed by atoms with Crippen molar-refractivity contribution >= 4 is 27.7 Å². The van der Waals surface area contributed by atoms with E-state index in [0.717, 1.165) is 28.0 Å². The van der Waals surface area contributed by atoms with E-state index in [0.29, 0.717) is 6.04 Å². The van der Waals surface area contributed by atoms with E-state index >= 15 is 0 Å². The van der Waals surface area contributed by atoms with Crippen LogP contribution in [-0.2, 0) is 6.42 Å². The second kappa shape index (κ2) is 7.30. The minimum atomic E-state index is -0.129. The number of halogens is 2. The number of rotatable bonds is 6. The van der Waals surface area contributed by atoms with E-state index in [9.17, 15) is 4.39 Å². The predicted octanol–water partition coefficient (Wildman–Crippen LogP) is 3.47. The summed E-state index contributed by atoms with van der Waals surface area (Å²) in [7, 11) is 1.93. The zero-order valence-corrected chi connectivity index (χ0v) is 12.0. The zero-order chi connectivity index (χ0) is 12.0. The molecule has 0 aromatic heterocycles. The first-order chi connectivity index (χ1) is 7.67. The quantitative estimate of drug-likeness (QED) is 0.863. The molecule has 0 heterocycles. The molecule has 0 saturated carbocycles. The predicted molar refractivity (Wildman–Crippen MR) is 73.7 cm³/mol. The molecule has 0 bridgehead atoms. The average Bonchev–Trinajstić information content (AvgIpc) is 2.27. The van der Waals surface area contributed by atoms with Crippen molar-refractivity contribution < 1.29 is 4.39 Å². The molecule has 0 saturated heterocycles. The number of thioether (sulfide) groups is 1. The first-order valence-corrected chi connectivity index (χ1v) is 7.31. The molecule has 1 aromatic rings. The van der Waals surface area contributed by atoms with Crippen molar-refractivity contribution in [3.8, 4) is 0 Å². The lowest BCUT2D eigenvalue weighted by Gasteiger charge is -2.15. The molecular formula is C12H17BrFNS. The highest BCUT2D eigenvalue weighted by molar-refractivity contribution is 9.10. The van der Waals surface area contributed by atoms with Gasteiger partial charge in [0.2, 0.25) is 0 Å². The van der Waals surface area contributed by atoms with Crippen LogP contribution in [0.25, 0.3) is 0 Å². The summed E-state index contributed by atoms with van der Waals surface area (Å²) in [5, 5.41) is 3.23. The Balaban J connectivity index is 2.62. The van der Waals surface area contributed by atoms with Crippen LogP contribution in [0.5, 0.6) is 0 Å². The minimum absolute atomic E-state index is 0.129. The van der Waals surface area contributed by atoms with Crippen molar-refractivity contribution in [1.29, 1.82) is 0 Å². The Bertz CT molecular complexity index is 333. The van der Waals surface area contributed by atoms with Crippen LogP contribution in [0.1, 0.15) is 12.5 Å². The summed E-state index contributed by atoms with van der Waals surface area (Å²) >= 11 is 5.14. The molecule has 0 amide bonds. The second-order valence-electron chi connectivity index (χ2n) is 3.58. The van der Waals surface area contributed by atoms with Gasteiger partial charge in [-0.25, -0.2) is 4.39 Å². The van der Waals surface area contributed by atoms with E-state index < -0.39 is 0 Å². The average molecular weight is 306 g/mol. The molecule has 1 nitrogen and oxygen atoms in total. The highest BCUT2D eigenvalue weighted by atomic mass is 79.9. The van der Waals surface area contributed by atoms with Gasteiger partial charge in [-0.1, -0.05) is 28.9 Å². The fraction of sp³-hybridized carbons (Fsp3) is 0.500. The van der Waals surface area contributed by atoms with Crippen molar-refractivity contribution in [2.24, 2.45) is 0 Å². The highest BCUT2D eigenvalue weighted by Crippen LogP contribution is 2.17. The molecule has 0 aliphatic carbocycles. The number of likely N-dealkylation sites (N-methyl/N-ethyl adjacent to an activating group) is 1. The van der Waals surface area contributed by atoms with Gasteiger partial charge in [0.05, 0.1) is 0 Å². The molecule has 0 radical (unpaired) electrons. The van der Waals surface area contributed by atoms with Crippen molar-refractivity contribution in [2.75, 3.05) is 18.6 Å². The van der Waals surface area contributed by atoms with Gasteiger partial charge < -0.3 is 5.32 Å². The summed E-state index contributed by atoms with van der Waals surface area (Å²) in [6.07, 6.45) is 0.739. The minimum Gasteiger partial charge on any atom is -0.316 e. The maximum atomic E-state index is 13.6. The van der Waals surface area contributed by atoms with Crippen molar-refractivity contribution in [3.05, 3.63) is 34.1 Å². The van der Waals surface area contributed by atoms with Crippen LogP contribution in [0.4, 0.5) is 4.39 Å². The Morgan fingerprint density at radius 1 is 1.50 bits per heavy atom. The molecule has 0 aliphatic rings. The van der Waals surface area contributed by atoms with E-state index in [2.05, 4.69) is 28.2 Å². The molecule has 4 heteroatoms. The Kier molecular flexibility index (Phi) is 6.39. The van der Waals surface area contributed by atoms with E-state index in [-0.39, 0.29) is 5.82 Å². The molecule has 0 fully saturated rings. The van der Waals surface area contributed by atoms with Gasteiger partial charge in [0.25, 0.3) is 0 Å². The maximum Gasteiger partial charge on any atom is 0.127 e. The van der Waals surface area contributed by atoms with Crippen LogP contribution >= 0.6 is 27.7 Å². The third-order valence-corrected chi connectivity index (χ3v) is 3.95. The fourth-order valence-corrected chi connectivity index (χ4v) is 2.60. The smallest absolute Gasteiger partial charge is 0.127 e. The lowest BCUT2D eigenvalue weighted by atomic mass is 10.1. The Labute approximate surface area is 109 Å². The van der Waals surface area contributed by atoms with Crippen molar-refractivity contribution in [1.82, 2.24) is 5.32 Å². The summed E-state index contributed by atoms with van der Waals surface area (Å²) < 4.78 is 14.4. The maximum absolute atomic E-state index is 13.6. The normalized spacial score (nSPS) is 12.8. The number of hydrogen-bond acceptors (Lipinski definition) is 2. The van der Waals surface area contributed by atoms with Crippen molar-refractivity contribution in [2.45, 2.75) is 19.4 Å². The first-order valence-electron chi connectivity index (χ1n) is 5.36. The topological polar surface area (TPSA) is 12.0 Å². The molecule has 0 aliphatic heterocycles. The largest absolute Gasteiger partial charge is 0.316 e. The summed E-state index contributed by atoms with van der Waals surface area (Å²) in [4.78, 5) is 0. The zero-order valence-electron chi connectivity index (χ0n) is 9.59. The highest BCUT2D eigenvalue weighted by Gasteiger charge is 2.10. The van der Waals surface area contributed by atoms with Gasteiger partial charge in [0.15, 0.2) is 0 Å². The third-order valence-electron chi connectivity index (χ3n) is 2.41. The Hall–Kier alpha value is -0.0600. The summed E-state index contributed by atoms with van der Waals surface area (Å²) in [5.41, 5.74) is 0.777. The van der Waals surface area contributed by atoms with Gasteiger partial charge >= 0.3 is 0 Å². The van der Waals surface area contributed by atoms with Crippen LogP contribution < -0.4 is 5.32 Å². The molecule has 1 rings (SSSR count). The molecule has 0 spiro atoms. The van der Waals surface area contributed by atoms with E-state index in [4.69, 9.17) is 0 Å². The van der Waals surface area contributed by atoms with E-state index in [1.54, 1.807) is 0 Å². The van der Waals surface area contributed by atoms with Gasteiger partial charge in [-0.2, -0.15) is 11.8 Å². The fourth-order valence-electron chi connectivity index (χ4n) is 1.46. The van der Waals surface area contributed by atoms with Gasteiger partial charge in [-0.05, 0) is 36.9 Å².